The van der Waals surface area contributed by atoms with Crippen molar-refractivity contribution in [1.82, 2.24) is 5.32 Å². The fraction of sp³-hybridized carbons (Fsp3) is 0.625. The summed E-state index contributed by atoms with van der Waals surface area (Å²) in [6, 6.07) is 7.55. The van der Waals surface area contributed by atoms with Gasteiger partial charge in [0.25, 0.3) is 0 Å². The van der Waals surface area contributed by atoms with E-state index in [1.165, 1.54) is 17.5 Å². The van der Waals surface area contributed by atoms with Crippen LogP contribution in [0.1, 0.15) is 51.3 Å². The maximum absolute atomic E-state index is 5.55. The minimum Gasteiger partial charge on any atom is -0.493 e. The van der Waals surface area contributed by atoms with Crippen molar-refractivity contribution >= 4 is 0 Å². The molecule has 0 radical (unpaired) electrons. The van der Waals surface area contributed by atoms with Crippen LogP contribution in [0.25, 0.3) is 0 Å². The minimum absolute atomic E-state index is 0.403. The van der Waals surface area contributed by atoms with Crippen molar-refractivity contribution in [2.24, 2.45) is 5.92 Å². The number of rotatable bonds is 5. The van der Waals surface area contributed by atoms with E-state index in [1.54, 1.807) is 0 Å². The molecular weight excluding hydrogens is 222 g/mol. The molecule has 2 rings (SSSR count). The molecule has 2 nitrogen and oxygen atoms in total. The van der Waals surface area contributed by atoms with Crippen molar-refractivity contribution in [3.05, 3.63) is 29.3 Å². The van der Waals surface area contributed by atoms with Gasteiger partial charge in [-0.05, 0) is 37.0 Å². The van der Waals surface area contributed by atoms with E-state index in [2.05, 4.69) is 51.2 Å². The lowest BCUT2D eigenvalue weighted by Crippen LogP contribution is -2.33. The van der Waals surface area contributed by atoms with Crippen LogP contribution in [-0.4, -0.2) is 12.6 Å². The molecule has 0 amide bonds. The molecule has 3 unspecified atom stereocenters. The molecule has 1 aromatic rings. The summed E-state index contributed by atoms with van der Waals surface area (Å²) in [6.07, 6.45) is 2.27. The molecule has 2 heteroatoms. The number of fused-ring (bicyclic) bond motifs is 1. The number of nitrogens with one attached hydrogen (secondary N) is 1. The van der Waals surface area contributed by atoms with Crippen LogP contribution in [0.5, 0.6) is 5.75 Å². The molecule has 18 heavy (non-hydrogen) atoms. The van der Waals surface area contributed by atoms with Crippen LogP contribution in [0.4, 0.5) is 0 Å². The average molecular weight is 247 g/mol. The molecule has 0 fully saturated rings. The first-order valence-electron chi connectivity index (χ1n) is 7.13. The van der Waals surface area contributed by atoms with Gasteiger partial charge in [-0.25, -0.2) is 0 Å². The van der Waals surface area contributed by atoms with Gasteiger partial charge in [0.1, 0.15) is 5.75 Å². The largest absolute Gasteiger partial charge is 0.493 e. The summed E-state index contributed by atoms with van der Waals surface area (Å²) in [5, 5.41) is 3.70. The van der Waals surface area contributed by atoms with Crippen LogP contribution in [0.3, 0.4) is 0 Å². The first-order valence-corrected chi connectivity index (χ1v) is 7.13. The molecule has 1 aliphatic rings. The SMILES string of the molecule is CCC(C)C(C)NC(C)c1ccc2c(c1)CCO2. The lowest BCUT2D eigenvalue weighted by molar-refractivity contribution is 0.356. The molecule has 0 aromatic heterocycles. The van der Waals surface area contributed by atoms with Crippen LogP contribution in [-0.2, 0) is 6.42 Å². The first kappa shape index (κ1) is 13.4. The monoisotopic (exact) mass is 247 g/mol. The second-order valence-corrected chi connectivity index (χ2v) is 5.53. The maximum Gasteiger partial charge on any atom is 0.122 e. The zero-order valence-corrected chi connectivity index (χ0v) is 12.0. The number of hydrogen-bond acceptors (Lipinski definition) is 2. The van der Waals surface area contributed by atoms with E-state index < -0.39 is 0 Å². The van der Waals surface area contributed by atoms with E-state index in [0.717, 1.165) is 18.8 Å². The summed E-state index contributed by atoms with van der Waals surface area (Å²) in [4.78, 5) is 0. The smallest absolute Gasteiger partial charge is 0.122 e. The van der Waals surface area contributed by atoms with Crippen molar-refractivity contribution in [3.8, 4) is 5.75 Å². The van der Waals surface area contributed by atoms with Gasteiger partial charge in [0.15, 0.2) is 0 Å². The molecule has 100 valence electrons. The highest BCUT2D eigenvalue weighted by atomic mass is 16.5. The lowest BCUT2D eigenvalue weighted by Gasteiger charge is -2.25. The Bertz CT molecular complexity index is 402. The molecule has 0 saturated heterocycles. The van der Waals surface area contributed by atoms with Gasteiger partial charge >= 0.3 is 0 Å². The van der Waals surface area contributed by atoms with E-state index in [9.17, 15) is 0 Å². The molecule has 1 heterocycles. The Labute approximate surface area is 111 Å². The summed E-state index contributed by atoms with van der Waals surface area (Å²) in [5.74, 6) is 1.78. The first-order chi connectivity index (χ1) is 8.61. The maximum atomic E-state index is 5.55. The van der Waals surface area contributed by atoms with Crippen molar-refractivity contribution in [3.63, 3.8) is 0 Å². The average Bonchev–Trinajstić information content (AvgIpc) is 2.84. The normalized spacial score (nSPS) is 18.9. The molecule has 1 N–H and O–H groups in total. The standard InChI is InChI=1S/C16H25NO/c1-5-11(2)12(3)17-13(4)14-6-7-16-15(10-14)8-9-18-16/h6-7,10-13,17H,5,8-9H2,1-4H3. The van der Waals surface area contributed by atoms with Crippen LogP contribution < -0.4 is 10.1 Å². The highest BCUT2D eigenvalue weighted by Gasteiger charge is 2.17. The summed E-state index contributed by atoms with van der Waals surface area (Å²) in [5.41, 5.74) is 2.73. The highest BCUT2D eigenvalue weighted by Crippen LogP contribution is 2.28. The Morgan fingerprint density at radius 3 is 2.78 bits per heavy atom. The van der Waals surface area contributed by atoms with Gasteiger partial charge in [-0.2, -0.15) is 0 Å². The van der Waals surface area contributed by atoms with Crippen LogP contribution in [0, 0.1) is 5.92 Å². The molecule has 0 bridgehead atoms. The lowest BCUT2D eigenvalue weighted by atomic mass is 9.98. The van der Waals surface area contributed by atoms with E-state index in [-0.39, 0.29) is 0 Å². The Balaban J connectivity index is 2.03. The van der Waals surface area contributed by atoms with Crippen LogP contribution >= 0.6 is 0 Å². The van der Waals surface area contributed by atoms with Crippen molar-refractivity contribution in [2.45, 2.75) is 52.6 Å². The van der Waals surface area contributed by atoms with E-state index in [1.807, 2.05) is 0 Å². The Hall–Kier alpha value is -1.02. The molecule has 1 aromatic carbocycles. The predicted octanol–water partition coefficient (Wildman–Crippen LogP) is 3.71. The summed E-state index contributed by atoms with van der Waals surface area (Å²) >= 11 is 0. The summed E-state index contributed by atoms with van der Waals surface area (Å²) < 4.78 is 5.55. The molecule has 0 spiro atoms. The zero-order valence-electron chi connectivity index (χ0n) is 12.0. The van der Waals surface area contributed by atoms with Gasteiger partial charge in [-0.3, -0.25) is 0 Å². The van der Waals surface area contributed by atoms with E-state index in [0.29, 0.717) is 18.0 Å². The van der Waals surface area contributed by atoms with Crippen LogP contribution in [0.15, 0.2) is 18.2 Å². The number of hydrogen-bond donors (Lipinski definition) is 1. The van der Waals surface area contributed by atoms with E-state index in [4.69, 9.17) is 4.74 Å². The molecule has 0 saturated carbocycles. The highest BCUT2D eigenvalue weighted by molar-refractivity contribution is 5.40. The Morgan fingerprint density at radius 1 is 1.28 bits per heavy atom. The molecule has 0 aliphatic carbocycles. The second kappa shape index (κ2) is 5.75. The Kier molecular flexibility index (Phi) is 4.28. The number of benzene rings is 1. The molecule has 1 aliphatic heterocycles. The fourth-order valence-electron chi connectivity index (χ4n) is 2.48. The fourth-order valence-corrected chi connectivity index (χ4v) is 2.48. The quantitative estimate of drug-likeness (QED) is 0.856. The van der Waals surface area contributed by atoms with Gasteiger partial charge < -0.3 is 10.1 Å². The second-order valence-electron chi connectivity index (χ2n) is 5.53. The van der Waals surface area contributed by atoms with Crippen molar-refractivity contribution in [2.75, 3.05) is 6.61 Å². The third kappa shape index (κ3) is 2.86. The minimum atomic E-state index is 0.403. The van der Waals surface area contributed by atoms with Crippen LogP contribution in [0.2, 0.25) is 0 Å². The van der Waals surface area contributed by atoms with Gasteiger partial charge in [-0.15, -0.1) is 0 Å². The zero-order chi connectivity index (χ0) is 13.1. The number of ether oxygens (including phenoxy) is 1. The van der Waals surface area contributed by atoms with Gasteiger partial charge in [-0.1, -0.05) is 32.4 Å². The summed E-state index contributed by atoms with van der Waals surface area (Å²) in [7, 11) is 0. The van der Waals surface area contributed by atoms with Gasteiger partial charge in [0.2, 0.25) is 0 Å². The van der Waals surface area contributed by atoms with E-state index >= 15 is 0 Å². The predicted molar refractivity (Wildman–Crippen MR) is 76.1 cm³/mol. The molecular formula is C16H25NO. The van der Waals surface area contributed by atoms with Crippen molar-refractivity contribution in [1.29, 1.82) is 0 Å². The van der Waals surface area contributed by atoms with Gasteiger partial charge in [0, 0.05) is 18.5 Å². The topological polar surface area (TPSA) is 21.3 Å². The third-order valence-electron chi connectivity index (χ3n) is 4.22. The summed E-state index contributed by atoms with van der Waals surface area (Å²) in [6.45, 7) is 9.92. The van der Waals surface area contributed by atoms with Crippen molar-refractivity contribution < 1.29 is 4.74 Å². The Morgan fingerprint density at radius 2 is 2.06 bits per heavy atom. The third-order valence-corrected chi connectivity index (χ3v) is 4.22. The molecule has 3 atom stereocenters. The van der Waals surface area contributed by atoms with Gasteiger partial charge in [0.05, 0.1) is 6.61 Å².